The first-order chi connectivity index (χ1) is 9.63. The van der Waals surface area contributed by atoms with Crippen LogP contribution in [-0.4, -0.2) is 43.5 Å². The highest BCUT2D eigenvalue weighted by atomic mass is 16.5. The Labute approximate surface area is 118 Å². The van der Waals surface area contributed by atoms with Crippen LogP contribution in [0.25, 0.3) is 0 Å². The minimum absolute atomic E-state index is 0.270. The van der Waals surface area contributed by atoms with Gasteiger partial charge < -0.3 is 9.47 Å². The highest BCUT2D eigenvalue weighted by molar-refractivity contribution is 5.90. The smallest absolute Gasteiger partial charge is 0.338 e. The van der Waals surface area contributed by atoms with E-state index in [1.54, 1.807) is 26.2 Å². The Balaban J connectivity index is 2.13. The molecular formula is C15H19NO4. The van der Waals surface area contributed by atoms with Gasteiger partial charge in [-0.15, -0.1) is 0 Å². The van der Waals surface area contributed by atoms with Crippen LogP contribution in [0.2, 0.25) is 0 Å². The van der Waals surface area contributed by atoms with Crippen LogP contribution in [0.4, 0.5) is 0 Å². The van der Waals surface area contributed by atoms with Crippen LogP contribution in [0.15, 0.2) is 18.2 Å². The first-order valence-corrected chi connectivity index (χ1v) is 6.72. The maximum absolute atomic E-state index is 11.7. The third-order valence-electron chi connectivity index (χ3n) is 3.30. The van der Waals surface area contributed by atoms with E-state index in [4.69, 9.17) is 9.47 Å². The van der Waals surface area contributed by atoms with Gasteiger partial charge in [-0.2, -0.15) is 0 Å². The molecule has 0 saturated carbocycles. The van der Waals surface area contributed by atoms with Gasteiger partial charge in [-0.3, -0.25) is 9.69 Å². The summed E-state index contributed by atoms with van der Waals surface area (Å²) in [6.07, 6.45) is 0.614. The lowest BCUT2D eigenvalue weighted by molar-refractivity contribution is -0.116. The second kappa shape index (κ2) is 6.52. The summed E-state index contributed by atoms with van der Waals surface area (Å²) in [6.45, 7) is 4.04. The molecule has 20 heavy (non-hydrogen) atoms. The maximum Gasteiger partial charge on any atom is 0.338 e. The van der Waals surface area contributed by atoms with Crippen LogP contribution in [-0.2, 0) is 16.1 Å². The summed E-state index contributed by atoms with van der Waals surface area (Å²) in [6, 6.07) is 5.27. The van der Waals surface area contributed by atoms with Crippen molar-refractivity contribution in [2.45, 2.75) is 19.9 Å². The molecule has 1 fully saturated rings. The molecule has 1 aromatic carbocycles. The zero-order valence-electron chi connectivity index (χ0n) is 11.8. The quantitative estimate of drug-likeness (QED) is 0.766. The number of esters is 1. The minimum Gasteiger partial charge on any atom is -0.496 e. The van der Waals surface area contributed by atoms with Crippen molar-refractivity contribution >= 4 is 11.8 Å². The molecule has 0 bridgehead atoms. The summed E-state index contributed by atoms with van der Waals surface area (Å²) < 4.78 is 10.3. The molecule has 1 saturated heterocycles. The molecule has 0 unspecified atom stereocenters. The fraction of sp³-hybridized carbons (Fsp3) is 0.467. The third kappa shape index (κ3) is 3.36. The van der Waals surface area contributed by atoms with Crippen molar-refractivity contribution in [1.29, 1.82) is 0 Å². The van der Waals surface area contributed by atoms with Crippen molar-refractivity contribution in [2.24, 2.45) is 0 Å². The molecule has 1 aliphatic rings. The highest BCUT2D eigenvalue weighted by Crippen LogP contribution is 2.23. The van der Waals surface area contributed by atoms with E-state index in [-0.39, 0.29) is 11.8 Å². The standard InChI is InChI=1S/C15H19NO4/c1-3-20-15(18)11-4-5-12(14(8-11)19-2)9-16-7-6-13(17)10-16/h4-5,8H,3,6-7,9-10H2,1-2H3. The number of nitrogens with zero attached hydrogens (tertiary/aromatic N) is 1. The highest BCUT2D eigenvalue weighted by Gasteiger charge is 2.21. The van der Waals surface area contributed by atoms with Crippen molar-refractivity contribution in [3.8, 4) is 5.75 Å². The summed E-state index contributed by atoms with van der Waals surface area (Å²) in [5, 5.41) is 0. The molecule has 0 N–H and O–H groups in total. The van der Waals surface area contributed by atoms with Gasteiger partial charge in [0.2, 0.25) is 0 Å². The minimum atomic E-state index is -0.353. The van der Waals surface area contributed by atoms with Gasteiger partial charge in [0.25, 0.3) is 0 Å². The normalized spacial score (nSPS) is 15.4. The number of ketones is 1. The molecular weight excluding hydrogens is 258 g/mol. The molecule has 1 heterocycles. The monoisotopic (exact) mass is 277 g/mol. The molecule has 108 valence electrons. The van der Waals surface area contributed by atoms with E-state index >= 15 is 0 Å². The van der Waals surface area contributed by atoms with Crippen molar-refractivity contribution in [1.82, 2.24) is 4.90 Å². The Morgan fingerprint density at radius 2 is 2.20 bits per heavy atom. The van der Waals surface area contributed by atoms with Crippen molar-refractivity contribution < 1.29 is 19.1 Å². The SMILES string of the molecule is CCOC(=O)c1ccc(CN2CCC(=O)C2)c(OC)c1. The first-order valence-electron chi connectivity index (χ1n) is 6.72. The van der Waals surface area contributed by atoms with Gasteiger partial charge in [0.15, 0.2) is 0 Å². The molecule has 5 heteroatoms. The second-order valence-electron chi connectivity index (χ2n) is 4.75. The average molecular weight is 277 g/mol. The number of hydrogen-bond acceptors (Lipinski definition) is 5. The Bertz CT molecular complexity index is 513. The van der Waals surface area contributed by atoms with Gasteiger partial charge in [0, 0.05) is 25.1 Å². The maximum atomic E-state index is 11.7. The molecule has 0 aliphatic carbocycles. The van der Waals surface area contributed by atoms with Crippen molar-refractivity contribution in [3.05, 3.63) is 29.3 Å². The number of rotatable bonds is 5. The van der Waals surface area contributed by atoms with Crippen LogP contribution >= 0.6 is 0 Å². The van der Waals surface area contributed by atoms with Crippen LogP contribution in [0.5, 0.6) is 5.75 Å². The van der Waals surface area contributed by atoms with Crippen LogP contribution in [0, 0.1) is 0 Å². The third-order valence-corrected chi connectivity index (χ3v) is 3.30. The van der Waals surface area contributed by atoms with E-state index in [0.29, 0.717) is 37.4 Å². The van der Waals surface area contributed by atoms with E-state index in [1.807, 2.05) is 6.07 Å². The van der Waals surface area contributed by atoms with Crippen molar-refractivity contribution in [3.63, 3.8) is 0 Å². The summed E-state index contributed by atoms with van der Waals surface area (Å²) >= 11 is 0. The fourth-order valence-corrected chi connectivity index (χ4v) is 2.28. The molecule has 5 nitrogen and oxygen atoms in total. The van der Waals surface area contributed by atoms with E-state index in [9.17, 15) is 9.59 Å². The summed E-state index contributed by atoms with van der Waals surface area (Å²) in [7, 11) is 1.57. The lowest BCUT2D eigenvalue weighted by atomic mass is 10.1. The lowest BCUT2D eigenvalue weighted by Crippen LogP contribution is -2.20. The number of benzene rings is 1. The van der Waals surface area contributed by atoms with Crippen LogP contribution in [0.3, 0.4) is 0 Å². The predicted octanol–water partition coefficient (Wildman–Crippen LogP) is 1.65. The number of ether oxygens (including phenoxy) is 2. The number of carbonyl (C=O) groups is 2. The Morgan fingerprint density at radius 3 is 2.80 bits per heavy atom. The molecule has 0 amide bonds. The number of likely N-dealkylation sites (tertiary alicyclic amines) is 1. The average Bonchev–Trinajstić information content (AvgIpc) is 2.85. The summed E-state index contributed by atoms with van der Waals surface area (Å²) in [4.78, 5) is 25.0. The van der Waals surface area contributed by atoms with Gasteiger partial charge in [-0.25, -0.2) is 4.79 Å². The molecule has 0 radical (unpaired) electrons. The summed E-state index contributed by atoms with van der Waals surface area (Å²) in [5.74, 6) is 0.565. The largest absolute Gasteiger partial charge is 0.496 e. The van der Waals surface area contributed by atoms with E-state index < -0.39 is 0 Å². The first kappa shape index (κ1) is 14.5. The Hall–Kier alpha value is -1.88. The van der Waals surface area contributed by atoms with Gasteiger partial charge in [0.05, 0.1) is 25.8 Å². The Morgan fingerprint density at radius 1 is 1.40 bits per heavy atom. The van der Waals surface area contributed by atoms with Crippen molar-refractivity contribution in [2.75, 3.05) is 26.8 Å². The molecule has 2 rings (SSSR count). The number of carbonyl (C=O) groups excluding carboxylic acids is 2. The molecule has 0 spiro atoms. The van der Waals surface area contributed by atoms with E-state index in [1.165, 1.54) is 0 Å². The molecule has 1 aliphatic heterocycles. The fourth-order valence-electron chi connectivity index (χ4n) is 2.28. The van der Waals surface area contributed by atoms with Gasteiger partial charge in [-0.05, 0) is 19.1 Å². The van der Waals surface area contributed by atoms with Crippen LogP contribution in [0.1, 0.15) is 29.3 Å². The lowest BCUT2D eigenvalue weighted by Gasteiger charge is -2.16. The zero-order valence-corrected chi connectivity index (χ0v) is 11.8. The van der Waals surface area contributed by atoms with E-state index in [2.05, 4.69) is 4.90 Å². The van der Waals surface area contributed by atoms with Gasteiger partial charge in [0.1, 0.15) is 11.5 Å². The molecule has 0 aromatic heterocycles. The second-order valence-corrected chi connectivity index (χ2v) is 4.75. The summed E-state index contributed by atoms with van der Waals surface area (Å²) in [5.41, 5.74) is 1.44. The topological polar surface area (TPSA) is 55.8 Å². The van der Waals surface area contributed by atoms with E-state index in [0.717, 1.165) is 12.1 Å². The van der Waals surface area contributed by atoms with Gasteiger partial charge in [-0.1, -0.05) is 6.07 Å². The molecule has 0 atom stereocenters. The number of hydrogen-bond donors (Lipinski definition) is 0. The molecule has 1 aromatic rings. The van der Waals surface area contributed by atoms with Gasteiger partial charge >= 0.3 is 5.97 Å². The Kier molecular flexibility index (Phi) is 4.74. The number of methoxy groups -OCH3 is 1. The zero-order chi connectivity index (χ0) is 14.5. The van der Waals surface area contributed by atoms with Crippen LogP contribution < -0.4 is 4.74 Å². The number of Topliss-reactive ketones (excluding diaryl/α,β-unsaturated/α-hetero) is 1. The predicted molar refractivity (Wildman–Crippen MR) is 73.9 cm³/mol.